The first kappa shape index (κ1) is 16.1. The van der Waals surface area contributed by atoms with E-state index >= 15 is 0 Å². The highest BCUT2D eigenvalue weighted by Gasteiger charge is 2.20. The number of nitrogens with zero attached hydrogens (tertiary/aromatic N) is 1. The Labute approximate surface area is 151 Å². The first-order valence-electron chi connectivity index (χ1n) is 6.56. The molecule has 0 bridgehead atoms. The van der Waals surface area contributed by atoms with E-state index < -0.39 is 0 Å². The molecule has 0 spiro atoms. The van der Waals surface area contributed by atoms with Crippen molar-refractivity contribution in [3.63, 3.8) is 0 Å². The van der Waals surface area contributed by atoms with Crippen molar-refractivity contribution in [2.24, 2.45) is 0 Å². The quantitative estimate of drug-likeness (QED) is 0.509. The van der Waals surface area contributed by atoms with Crippen molar-refractivity contribution < 1.29 is 0 Å². The first-order chi connectivity index (χ1) is 10.6. The van der Waals surface area contributed by atoms with Gasteiger partial charge >= 0.3 is 0 Å². The number of benzene rings is 1. The molecule has 0 amide bonds. The fourth-order valence-corrected chi connectivity index (χ4v) is 4.56. The monoisotopic (exact) mass is 413 g/mol. The van der Waals surface area contributed by atoms with Gasteiger partial charge < -0.3 is 5.32 Å². The third-order valence-corrected chi connectivity index (χ3v) is 6.08. The number of nitrogens with one attached hydrogen (secondary N) is 2. The molecule has 1 unspecified atom stereocenters. The van der Waals surface area contributed by atoms with Gasteiger partial charge in [0.25, 0.3) is 0 Å². The second kappa shape index (κ2) is 6.76. The average molecular weight is 415 g/mol. The first-order valence-corrected chi connectivity index (χ1v) is 8.99. The molecule has 2 heterocycles. The van der Waals surface area contributed by atoms with Crippen molar-refractivity contribution in [3.8, 4) is 0 Å². The Hall–Kier alpha value is -0.790. The third kappa shape index (κ3) is 2.98. The maximum absolute atomic E-state index is 6.34. The van der Waals surface area contributed by atoms with Crippen LogP contribution in [-0.2, 0) is 0 Å². The Morgan fingerprint density at radius 2 is 2.14 bits per heavy atom. The van der Waals surface area contributed by atoms with Gasteiger partial charge in [-0.25, -0.2) is 4.98 Å². The summed E-state index contributed by atoms with van der Waals surface area (Å²) in [7, 11) is 1.83. The molecule has 0 saturated heterocycles. The molecular weight excluding hydrogens is 402 g/mol. The van der Waals surface area contributed by atoms with Gasteiger partial charge in [0, 0.05) is 21.1 Å². The van der Waals surface area contributed by atoms with E-state index in [1.165, 1.54) is 10.1 Å². The van der Waals surface area contributed by atoms with E-state index in [1.54, 1.807) is 11.3 Å². The van der Waals surface area contributed by atoms with Gasteiger partial charge in [0.1, 0.15) is 5.82 Å². The molecule has 0 saturated carbocycles. The molecular formula is C15H13BrClN3S2. The summed E-state index contributed by atoms with van der Waals surface area (Å²) in [5.74, 6) is 0.773. The summed E-state index contributed by atoms with van der Waals surface area (Å²) in [5.41, 5.74) is 0.756. The smallest absolute Gasteiger partial charge is 0.126 e. The highest BCUT2D eigenvalue weighted by atomic mass is 79.9. The lowest BCUT2D eigenvalue weighted by molar-refractivity contribution is 0.793. The molecule has 2 N–H and O–H groups in total. The second-order valence-corrected chi connectivity index (χ2v) is 7.29. The predicted octanol–water partition coefficient (Wildman–Crippen LogP) is 5.28. The number of hydrogen-bond acceptors (Lipinski definition) is 5. The number of fused-ring (bicyclic) bond motifs is 1. The lowest BCUT2D eigenvalue weighted by Crippen LogP contribution is -2.14. The Morgan fingerprint density at radius 3 is 2.82 bits per heavy atom. The Kier molecular flexibility index (Phi) is 4.94. The van der Waals surface area contributed by atoms with E-state index in [1.807, 2.05) is 31.3 Å². The summed E-state index contributed by atoms with van der Waals surface area (Å²) in [6.45, 7) is 0. The average Bonchev–Trinajstić information content (AvgIpc) is 2.95. The van der Waals surface area contributed by atoms with Gasteiger partial charge in [-0.2, -0.15) is 0 Å². The van der Waals surface area contributed by atoms with Crippen LogP contribution < -0.4 is 10.0 Å². The molecule has 3 nitrogen and oxygen atoms in total. The minimum Gasteiger partial charge on any atom is -0.373 e. The van der Waals surface area contributed by atoms with Crippen molar-refractivity contribution >= 4 is 67.6 Å². The van der Waals surface area contributed by atoms with Crippen LogP contribution in [0.25, 0.3) is 10.1 Å². The lowest BCUT2D eigenvalue weighted by atomic mass is 10.1. The normalized spacial score (nSPS) is 12.5. The van der Waals surface area contributed by atoms with Crippen molar-refractivity contribution in [1.82, 2.24) is 9.71 Å². The Balaban J connectivity index is 2.11. The maximum atomic E-state index is 6.34. The zero-order valence-corrected chi connectivity index (χ0v) is 15.7. The van der Waals surface area contributed by atoms with Gasteiger partial charge in [-0.1, -0.05) is 36.5 Å². The van der Waals surface area contributed by atoms with Crippen LogP contribution in [0.3, 0.4) is 0 Å². The Morgan fingerprint density at radius 1 is 1.32 bits per heavy atom. The van der Waals surface area contributed by atoms with E-state index in [-0.39, 0.29) is 6.04 Å². The zero-order chi connectivity index (χ0) is 15.7. The highest BCUT2D eigenvalue weighted by molar-refractivity contribution is 9.10. The minimum absolute atomic E-state index is 0.173. The number of thiophene rings is 1. The molecule has 0 aliphatic rings. The van der Waals surface area contributed by atoms with Crippen LogP contribution in [0.1, 0.15) is 16.6 Å². The summed E-state index contributed by atoms with van der Waals surface area (Å²) >= 11 is 15.9. The third-order valence-electron chi connectivity index (χ3n) is 3.33. The van der Waals surface area contributed by atoms with Gasteiger partial charge in [-0.15, -0.1) is 11.3 Å². The number of halogens is 2. The fourth-order valence-electron chi connectivity index (χ4n) is 2.25. The van der Waals surface area contributed by atoms with Crippen LogP contribution >= 0.6 is 51.7 Å². The molecule has 0 aliphatic heterocycles. The van der Waals surface area contributed by atoms with E-state index in [0.29, 0.717) is 5.02 Å². The number of aromatic nitrogens is 1. The van der Waals surface area contributed by atoms with Crippen LogP contribution in [0.4, 0.5) is 5.82 Å². The Bertz CT molecular complexity index is 822. The maximum Gasteiger partial charge on any atom is 0.126 e. The van der Waals surface area contributed by atoms with E-state index in [4.69, 9.17) is 11.6 Å². The molecule has 1 aromatic carbocycles. The summed E-state index contributed by atoms with van der Waals surface area (Å²) in [4.78, 5) is 5.68. The van der Waals surface area contributed by atoms with Crippen LogP contribution in [0.5, 0.6) is 0 Å². The molecule has 0 aliphatic carbocycles. The molecule has 0 fully saturated rings. The topological polar surface area (TPSA) is 37.0 Å². The van der Waals surface area contributed by atoms with Gasteiger partial charge in [0.15, 0.2) is 0 Å². The molecule has 114 valence electrons. The summed E-state index contributed by atoms with van der Waals surface area (Å²) in [5, 5.41) is 4.83. The van der Waals surface area contributed by atoms with Crippen LogP contribution in [0.2, 0.25) is 5.02 Å². The predicted molar refractivity (Wildman–Crippen MR) is 102 cm³/mol. The van der Waals surface area contributed by atoms with Gasteiger partial charge in [-0.3, -0.25) is 4.72 Å². The van der Waals surface area contributed by atoms with Gasteiger partial charge in [-0.05, 0) is 45.6 Å². The SMILES string of the molecule is CNc1ccc(Cl)c(C(NS)c2cc3cccc(Br)c3s2)n1. The number of pyridine rings is 1. The van der Waals surface area contributed by atoms with E-state index in [0.717, 1.165) is 20.9 Å². The zero-order valence-electron chi connectivity index (χ0n) is 11.6. The second-order valence-electron chi connectivity index (χ2n) is 4.68. The summed E-state index contributed by atoms with van der Waals surface area (Å²) in [6, 6.07) is 11.8. The number of rotatable bonds is 4. The van der Waals surface area contributed by atoms with Gasteiger partial charge in [0.05, 0.1) is 16.8 Å². The summed E-state index contributed by atoms with van der Waals surface area (Å²) < 4.78 is 5.31. The van der Waals surface area contributed by atoms with E-state index in [2.05, 4.69) is 55.9 Å². The van der Waals surface area contributed by atoms with Crippen LogP contribution in [0.15, 0.2) is 40.9 Å². The van der Waals surface area contributed by atoms with E-state index in [9.17, 15) is 0 Å². The van der Waals surface area contributed by atoms with Gasteiger partial charge in [0.2, 0.25) is 0 Å². The number of hydrogen-bond donors (Lipinski definition) is 3. The molecule has 1 atom stereocenters. The molecule has 0 radical (unpaired) electrons. The minimum atomic E-state index is -0.173. The molecule has 7 heteroatoms. The van der Waals surface area contributed by atoms with Crippen LogP contribution in [-0.4, -0.2) is 12.0 Å². The van der Waals surface area contributed by atoms with Crippen molar-refractivity contribution in [2.45, 2.75) is 6.04 Å². The summed E-state index contributed by atoms with van der Waals surface area (Å²) in [6.07, 6.45) is 0. The van der Waals surface area contributed by atoms with Crippen molar-refractivity contribution in [2.75, 3.05) is 12.4 Å². The largest absolute Gasteiger partial charge is 0.373 e. The molecule has 3 rings (SSSR count). The fraction of sp³-hybridized carbons (Fsp3) is 0.133. The highest BCUT2D eigenvalue weighted by Crippen LogP contribution is 2.38. The molecule has 3 aromatic rings. The van der Waals surface area contributed by atoms with Crippen molar-refractivity contribution in [3.05, 3.63) is 56.5 Å². The van der Waals surface area contributed by atoms with Crippen LogP contribution in [0, 0.1) is 0 Å². The molecule has 22 heavy (non-hydrogen) atoms. The molecule has 2 aromatic heterocycles. The number of thiol groups is 1. The lowest BCUT2D eigenvalue weighted by Gasteiger charge is -2.15. The number of anilines is 1. The standard InChI is InChI=1S/C15H13BrClN3S2/c1-18-12-6-5-10(17)13(19-12)14(20-21)11-7-8-3-2-4-9(16)15(8)22-11/h2-7,14,20-21H,1H3,(H,18,19). The van der Waals surface area contributed by atoms with Crippen molar-refractivity contribution in [1.29, 1.82) is 0 Å².